The van der Waals surface area contributed by atoms with Crippen molar-refractivity contribution in [1.29, 1.82) is 0 Å². The Labute approximate surface area is 114 Å². The lowest BCUT2D eigenvalue weighted by molar-refractivity contribution is 0.809. The molecular formula is C16H24P2. The van der Waals surface area contributed by atoms with Crippen molar-refractivity contribution in [2.75, 3.05) is 25.7 Å². The van der Waals surface area contributed by atoms with Gasteiger partial charge in [-0.2, -0.15) is 0 Å². The topological polar surface area (TPSA) is 0 Å². The zero-order valence-corrected chi connectivity index (χ0v) is 13.4. The summed E-state index contributed by atoms with van der Waals surface area (Å²) in [6.07, 6.45) is 8.79. The van der Waals surface area contributed by atoms with Gasteiger partial charge in [0.2, 0.25) is 0 Å². The first-order chi connectivity index (χ1) is 8.75. The summed E-state index contributed by atoms with van der Waals surface area (Å²) in [6, 6.07) is 9.69. The van der Waals surface area contributed by atoms with Crippen molar-refractivity contribution in [3.63, 3.8) is 0 Å². The summed E-state index contributed by atoms with van der Waals surface area (Å²) in [6.45, 7) is 5.00. The Kier molecular flexibility index (Phi) is 4.07. The van der Waals surface area contributed by atoms with Gasteiger partial charge in [0.25, 0.3) is 0 Å². The Hall–Kier alpha value is 0.0800. The molecule has 2 fully saturated rings. The fourth-order valence-corrected chi connectivity index (χ4v) is 8.21. The summed E-state index contributed by atoms with van der Waals surface area (Å²) in [4.78, 5) is 0. The van der Waals surface area contributed by atoms with Gasteiger partial charge < -0.3 is 0 Å². The maximum Gasteiger partial charge on any atom is 0.00395 e. The SMILES string of the molecule is C[P@]1CCC[C@@H]1c1cccc([C@H]2CCC[P@@]2C)c1. The Balaban J connectivity index is 1.84. The van der Waals surface area contributed by atoms with Crippen LogP contribution in [0.1, 0.15) is 48.1 Å². The summed E-state index contributed by atoms with van der Waals surface area (Å²) < 4.78 is 0. The highest BCUT2D eigenvalue weighted by atomic mass is 31.1. The molecule has 0 N–H and O–H groups in total. The van der Waals surface area contributed by atoms with Gasteiger partial charge in [-0.1, -0.05) is 24.3 Å². The van der Waals surface area contributed by atoms with E-state index in [2.05, 4.69) is 37.6 Å². The van der Waals surface area contributed by atoms with E-state index in [1.807, 2.05) is 0 Å². The molecule has 4 atom stereocenters. The van der Waals surface area contributed by atoms with E-state index in [0.717, 1.165) is 11.3 Å². The molecule has 2 aliphatic rings. The molecule has 2 heteroatoms. The van der Waals surface area contributed by atoms with Crippen LogP contribution in [0.2, 0.25) is 0 Å². The van der Waals surface area contributed by atoms with E-state index in [4.69, 9.17) is 0 Å². The number of hydrogen-bond acceptors (Lipinski definition) is 0. The lowest BCUT2D eigenvalue weighted by Gasteiger charge is -2.21. The molecule has 0 bridgehead atoms. The van der Waals surface area contributed by atoms with Crippen LogP contribution in [0, 0.1) is 0 Å². The third-order valence-electron chi connectivity index (χ3n) is 4.72. The fraction of sp³-hybridized carbons (Fsp3) is 0.625. The van der Waals surface area contributed by atoms with Gasteiger partial charge in [-0.05, 0) is 62.5 Å². The standard InChI is InChI=1S/C16H24P2/c1-17-10-4-8-15(17)13-6-3-7-14(12-13)16-9-5-11-18(16)2/h3,6-7,12,15-16H,4-5,8-11H2,1-2H3/t15-,16-,17-,18-/m1/s1. The second-order valence-corrected chi connectivity index (χ2v) is 11.1. The van der Waals surface area contributed by atoms with Crippen LogP contribution in [0.25, 0.3) is 0 Å². The second kappa shape index (κ2) is 5.60. The Bertz CT molecular complexity index is 380. The highest BCUT2D eigenvalue weighted by molar-refractivity contribution is 7.57. The van der Waals surface area contributed by atoms with Gasteiger partial charge >= 0.3 is 0 Å². The molecule has 0 aliphatic carbocycles. The van der Waals surface area contributed by atoms with Gasteiger partial charge in [-0.25, -0.2) is 0 Å². The minimum Gasteiger partial charge on any atom is -0.102 e. The van der Waals surface area contributed by atoms with Gasteiger partial charge in [0.15, 0.2) is 0 Å². The van der Waals surface area contributed by atoms with Crippen LogP contribution >= 0.6 is 15.8 Å². The average molecular weight is 278 g/mol. The average Bonchev–Trinajstić information content (AvgIpc) is 2.98. The predicted molar refractivity (Wildman–Crippen MR) is 85.8 cm³/mol. The third-order valence-corrected chi connectivity index (χ3v) is 10.0. The predicted octanol–water partition coefficient (Wildman–Crippen LogP) is 5.58. The van der Waals surface area contributed by atoms with Gasteiger partial charge in [-0.3, -0.25) is 0 Å². The Morgan fingerprint density at radius 1 is 0.889 bits per heavy atom. The number of benzene rings is 1. The van der Waals surface area contributed by atoms with Crippen molar-refractivity contribution in [2.24, 2.45) is 0 Å². The summed E-state index contributed by atoms with van der Waals surface area (Å²) in [5, 5.41) is 0. The van der Waals surface area contributed by atoms with Crippen LogP contribution in [0.4, 0.5) is 0 Å². The maximum atomic E-state index is 2.57. The lowest BCUT2D eigenvalue weighted by atomic mass is 10.0. The zero-order valence-electron chi connectivity index (χ0n) is 11.6. The molecule has 0 saturated carbocycles. The molecule has 0 amide bonds. The van der Waals surface area contributed by atoms with Crippen LogP contribution < -0.4 is 0 Å². The summed E-state index contributed by atoms with van der Waals surface area (Å²) in [5.41, 5.74) is 5.14. The van der Waals surface area contributed by atoms with Crippen LogP contribution in [0.15, 0.2) is 24.3 Å². The minimum absolute atomic E-state index is 0.265. The largest absolute Gasteiger partial charge is 0.102 e. The van der Waals surface area contributed by atoms with E-state index < -0.39 is 0 Å². The van der Waals surface area contributed by atoms with E-state index in [9.17, 15) is 0 Å². The molecular weight excluding hydrogens is 254 g/mol. The fourth-order valence-electron chi connectivity index (χ4n) is 3.64. The molecule has 0 radical (unpaired) electrons. The van der Waals surface area contributed by atoms with Crippen LogP contribution in [-0.2, 0) is 0 Å². The molecule has 0 aromatic heterocycles. The third kappa shape index (κ3) is 2.52. The Morgan fingerprint density at radius 3 is 1.78 bits per heavy atom. The van der Waals surface area contributed by atoms with Crippen molar-refractivity contribution >= 4 is 15.8 Å². The molecule has 0 nitrogen and oxygen atoms in total. The van der Waals surface area contributed by atoms with Crippen LogP contribution in [-0.4, -0.2) is 25.7 Å². The number of hydrogen-bond donors (Lipinski definition) is 0. The van der Waals surface area contributed by atoms with E-state index in [1.54, 1.807) is 11.1 Å². The first-order valence-electron chi connectivity index (χ1n) is 7.26. The van der Waals surface area contributed by atoms with Crippen molar-refractivity contribution in [1.82, 2.24) is 0 Å². The van der Waals surface area contributed by atoms with E-state index >= 15 is 0 Å². The summed E-state index contributed by atoms with van der Waals surface area (Å²) in [7, 11) is 0.530. The number of rotatable bonds is 2. The zero-order chi connectivity index (χ0) is 12.5. The molecule has 1 aromatic rings. The first-order valence-corrected chi connectivity index (χ1v) is 11.3. The molecule has 0 unspecified atom stereocenters. The summed E-state index contributed by atoms with van der Waals surface area (Å²) in [5.74, 6) is 0. The molecule has 2 saturated heterocycles. The molecule has 3 rings (SSSR count). The van der Waals surface area contributed by atoms with E-state index in [1.165, 1.54) is 38.0 Å². The minimum atomic E-state index is 0.265. The Morgan fingerprint density at radius 2 is 1.39 bits per heavy atom. The molecule has 2 heterocycles. The highest BCUT2D eigenvalue weighted by Crippen LogP contribution is 2.59. The van der Waals surface area contributed by atoms with Gasteiger partial charge in [0.1, 0.15) is 0 Å². The second-order valence-electron chi connectivity index (χ2n) is 5.95. The van der Waals surface area contributed by atoms with Crippen molar-refractivity contribution in [3.8, 4) is 0 Å². The molecule has 2 aliphatic heterocycles. The first kappa shape index (κ1) is 13.1. The highest BCUT2D eigenvalue weighted by Gasteiger charge is 2.27. The van der Waals surface area contributed by atoms with Crippen molar-refractivity contribution in [2.45, 2.75) is 37.0 Å². The molecule has 1 aromatic carbocycles. The maximum absolute atomic E-state index is 2.57. The van der Waals surface area contributed by atoms with Gasteiger partial charge in [-0.15, -0.1) is 15.8 Å². The van der Waals surface area contributed by atoms with Gasteiger partial charge in [0, 0.05) is 11.3 Å². The van der Waals surface area contributed by atoms with Gasteiger partial charge in [0.05, 0.1) is 0 Å². The molecule has 0 spiro atoms. The molecule has 18 heavy (non-hydrogen) atoms. The lowest BCUT2D eigenvalue weighted by Crippen LogP contribution is -1.96. The molecule has 98 valence electrons. The van der Waals surface area contributed by atoms with Crippen LogP contribution in [0.3, 0.4) is 0 Å². The summed E-state index contributed by atoms with van der Waals surface area (Å²) >= 11 is 0. The van der Waals surface area contributed by atoms with E-state index in [-0.39, 0.29) is 15.8 Å². The smallest absolute Gasteiger partial charge is 0.00395 e. The normalized spacial score (nSPS) is 36.1. The van der Waals surface area contributed by atoms with Crippen molar-refractivity contribution in [3.05, 3.63) is 35.4 Å². The monoisotopic (exact) mass is 278 g/mol. The quantitative estimate of drug-likeness (QED) is 0.619. The van der Waals surface area contributed by atoms with E-state index in [0.29, 0.717) is 0 Å². The van der Waals surface area contributed by atoms with Crippen molar-refractivity contribution < 1.29 is 0 Å². The van der Waals surface area contributed by atoms with Crippen LogP contribution in [0.5, 0.6) is 0 Å².